The van der Waals surface area contributed by atoms with Crippen molar-refractivity contribution in [3.8, 4) is 5.75 Å². The minimum Gasteiger partial charge on any atom is -0.497 e. The Labute approximate surface area is 116 Å². The second kappa shape index (κ2) is 5.93. The lowest BCUT2D eigenvalue weighted by atomic mass is 10.0. The van der Waals surface area contributed by atoms with E-state index in [2.05, 4.69) is 43.1 Å². The standard InChI is InChI=1S/C16H26N2O/c1-13-9-10-17-16(2,3)12-18(13)11-14-5-7-15(19-4)8-6-14/h5-8,13,17H,9-12H2,1-4H3. The van der Waals surface area contributed by atoms with E-state index in [9.17, 15) is 0 Å². The van der Waals surface area contributed by atoms with Gasteiger partial charge in [0.15, 0.2) is 0 Å². The van der Waals surface area contributed by atoms with Gasteiger partial charge < -0.3 is 10.1 Å². The zero-order valence-electron chi connectivity index (χ0n) is 12.6. The molecule has 1 unspecified atom stereocenters. The molecule has 0 amide bonds. The summed E-state index contributed by atoms with van der Waals surface area (Å²) < 4.78 is 5.21. The Kier molecular flexibility index (Phi) is 4.48. The fourth-order valence-corrected chi connectivity index (χ4v) is 2.70. The van der Waals surface area contributed by atoms with Crippen LogP contribution >= 0.6 is 0 Å². The third-order valence-electron chi connectivity index (χ3n) is 3.93. The highest BCUT2D eigenvalue weighted by Crippen LogP contribution is 2.19. The number of nitrogens with zero attached hydrogens (tertiary/aromatic N) is 1. The predicted octanol–water partition coefficient (Wildman–Crippen LogP) is 2.66. The monoisotopic (exact) mass is 262 g/mol. The molecule has 3 nitrogen and oxygen atoms in total. The van der Waals surface area contributed by atoms with Crippen molar-refractivity contribution >= 4 is 0 Å². The van der Waals surface area contributed by atoms with Crippen LogP contribution in [0.4, 0.5) is 0 Å². The van der Waals surface area contributed by atoms with Gasteiger partial charge in [0.2, 0.25) is 0 Å². The molecule has 1 saturated heterocycles. The first-order chi connectivity index (χ1) is 9.00. The van der Waals surface area contributed by atoms with E-state index in [4.69, 9.17) is 4.74 Å². The summed E-state index contributed by atoms with van der Waals surface area (Å²) in [5.41, 5.74) is 1.54. The molecular formula is C16H26N2O. The van der Waals surface area contributed by atoms with Gasteiger partial charge in [0.25, 0.3) is 0 Å². The van der Waals surface area contributed by atoms with Gasteiger partial charge in [-0.15, -0.1) is 0 Å². The summed E-state index contributed by atoms with van der Waals surface area (Å²) >= 11 is 0. The van der Waals surface area contributed by atoms with Gasteiger partial charge in [-0.3, -0.25) is 4.90 Å². The van der Waals surface area contributed by atoms with E-state index in [-0.39, 0.29) is 5.54 Å². The molecule has 0 aliphatic carbocycles. The maximum absolute atomic E-state index is 5.21. The topological polar surface area (TPSA) is 24.5 Å². The second-order valence-electron chi connectivity index (χ2n) is 6.20. The van der Waals surface area contributed by atoms with E-state index >= 15 is 0 Å². The number of ether oxygens (including phenoxy) is 1. The number of rotatable bonds is 3. The second-order valence-corrected chi connectivity index (χ2v) is 6.20. The first-order valence-electron chi connectivity index (χ1n) is 7.12. The van der Waals surface area contributed by atoms with Crippen LogP contribution in [0.5, 0.6) is 5.75 Å². The SMILES string of the molecule is COc1ccc(CN2CC(C)(C)NCCC2C)cc1. The molecule has 0 saturated carbocycles. The van der Waals surface area contributed by atoms with Gasteiger partial charge in [0, 0.05) is 24.7 Å². The molecule has 2 rings (SSSR count). The molecule has 1 aliphatic heterocycles. The molecule has 106 valence electrons. The average Bonchev–Trinajstić information content (AvgIpc) is 2.49. The van der Waals surface area contributed by atoms with Gasteiger partial charge in [-0.05, 0) is 51.4 Å². The van der Waals surface area contributed by atoms with Gasteiger partial charge in [-0.2, -0.15) is 0 Å². The van der Waals surface area contributed by atoms with Crippen LogP contribution in [-0.4, -0.2) is 36.7 Å². The molecule has 19 heavy (non-hydrogen) atoms. The third kappa shape index (κ3) is 3.95. The minimum atomic E-state index is 0.192. The maximum Gasteiger partial charge on any atom is 0.118 e. The molecule has 1 aliphatic rings. The smallest absolute Gasteiger partial charge is 0.118 e. The lowest BCUT2D eigenvalue weighted by molar-refractivity contribution is 0.173. The molecule has 1 N–H and O–H groups in total. The first kappa shape index (κ1) is 14.4. The molecule has 1 atom stereocenters. The number of hydrogen-bond acceptors (Lipinski definition) is 3. The molecule has 1 aromatic carbocycles. The van der Waals surface area contributed by atoms with E-state index in [1.807, 2.05) is 12.1 Å². The van der Waals surface area contributed by atoms with Gasteiger partial charge in [-0.1, -0.05) is 12.1 Å². The van der Waals surface area contributed by atoms with Crippen molar-refractivity contribution in [2.45, 2.75) is 45.3 Å². The van der Waals surface area contributed by atoms with Gasteiger partial charge in [0.1, 0.15) is 5.75 Å². The van der Waals surface area contributed by atoms with Crippen molar-refractivity contribution in [1.82, 2.24) is 10.2 Å². The lowest BCUT2D eigenvalue weighted by Gasteiger charge is -2.33. The van der Waals surface area contributed by atoms with Crippen molar-refractivity contribution in [3.63, 3.8) is 0 Å². The summed E-state index contributed by atoms with van der Waals surface area (Å²) in [4.78, 5) is 2.57. The Morgan fingerprint density at radius 1 is 1.32 bits per heavy atom. The summed E-state index contributed by atoms with van der Waals surface area (Å²) in [6.45, 7) is 10.1. The van der Waals surface area contributed by atoms with Crippen molar-refractivity contribution in [3.05, 3.63) is 29.8 Å². The molecular weight excluding hydrogens is 236 g/mol. The Balaban J connectivity index is 2.06. The molecule has 0 bridgehead atoms. The average molecular weight is 262 g/mol. The van der Waals surface area contributed by atoms with Crippen LogP contribution in [0.1, 0.15) is 32.8 Å². The fourth-order valence-electron chi connectivity index (χ4n) is 2.70. The zero-order chi connectivity index (χ0) is 13.9. The van der Waals surface area contributed by atoms with Crippen molar-refractivity contribution in [1.29, 1.82) is 0 Å². The molecule has 3 heteroatoms. The maximum atomic E-state index is 5.21. The molecule has 1 aromatic rings. The van der Waals surface area contributed by atoms with Crippen molar-refractivity contribution < 1.29 is 4.74 Å². The number of benzene rings is 1. The highest BCUT2D eigenvalue weighted by atomic mass is 16.5. The summed E-state index contributed by atoms with van der Waals surface area (Å²) in [5.74, 6) is 0.926. The minimum absolute atomic E-state index is 0.192. The Morgan fingerprint density at radius 2 is 2.00 bits per heavy atom. The quantitative estimate of drug-likeness (QED) is 0.906. The van der Waals surface area contributed by atoms with E-state index in [1.165, 1.54) is 12.0 Å². The normalized spacial score (nSPS) is 23.9. The van der Waals surface area contributed by atoms with E-state index in [0.717, 1.165) is 25.4 Å². The molecule has 0 spiro atoms. The summed E-state index contributed by atoms with van der Waals surface area (Å²) in [7, 11) is 1.71. The molecule has 0 radical (unpaired) electrons. The zero-order valence-corrected chi connectivity index (χ0v) is 12.6. The highest BCUT2D eigenvalue weighted by molar-refractivity contribution is 5.27. The largest absolute Gasteiger partial charge is 0.497 e. The fraction of sp³-hybridized carbons (Fsp3) is 0.625. The van der Waals surface area contributed by atoms with Gasteiger partial charge in [0.05, 0.1) is 7.11 Å². The van der Waals surface area contributed by atoms with Crippen LogP contribution in [0, 0.1) is 0 Å². The van der Waals surface area contributed by atoms with Crippen LogP contribution in [0.2, 0.25) is 0 Å². The number of methoxy groups -OCH3 is 1. The van der Waals surface area contributed by atoms with Crippen molar-refractivity contribution in [2.75, 3.05) is 20.2 Å². The summed E-state index contributed by atoms with van der Waals surface area (Å²) in [5, 5.41) is 3.62. The van der Waals surface area contributed by atoms with Crippen LogP contribution < -0.4 is 10.1 Å². The Morgan fingerprint density at radius 3 is 2.63 bits per heavy atom. The third-order valence-corrected chi connectivity index (χ3v) is 3.93. The Hall–Kier alpha value is -1.06. The van der Waals surface area contributed by atoms with E-state index < -0.39 is 0 Å². The lowest BCUT2D eigenvalue weighted by Crippen LogP contribution is -2.47. The van der Waals surface area contributed by atoms with Crippen LogP contribution in [0.15, 0.2) is 24.3 Å². The molecule has 1 heterocycles. The number of nitrogens with one attached hydrogen (secondary N) is 1. The highest BCUT2D eigenvalue weighted by Gasteiger charge is 2.27. The van der Waals surface area contributed by atoms with Crippen LogP contribution in [0.3, 0.4) is 0 Å². The molecule has 0 aromatic heterocycles. The summed E-state index contributed by atoms with van der Waals surface area (Å²) in [6, 6.07) is 9.03. The van der Waals surface area contributed by atoms with E-state index in [0.29, 0.717) is 6.04 Å². The number of hydrogen-bond donors (Lipinski definition) is 1. The van der Waals surface area contributed by atoms with E-state index in [1.54, 1.807) is 7.11 Å². The predicted molar refractivity (Wildman–Crippen MR) is 79.6 cm³/mol. The van der Waals surface area contributed by atoms with Gasteiger partial charge >= 0.3 is 0 Å². The van der Waals surface area contributed by atoms with Gasteiger partial charge in [-0.25, -0.2) is 0 Å². The Bertz CT molecular complexity index is 400. The van der Waals surface area contributed by atoms with Crippen LogP contribution in [0.25, 0.3) is 0 Å². The first-order valence-corrected chi connectivity index (χ1v) is 7.12. The van der Waals surface area contributed by atoms with Crippen LogP contribution in [-0.2, 0) is 6.54 Å². The van der Waals surface area contributed by atoms with Crippen molar-refractivity contribution in [2.24, 2.45) is 0 Å². The molecule has 1 fully saturated rings. The summed E-state index contributed by atoms with van der Waals surface area (Å²) in [6.07, 6.45) is 1.21.